The summed E-state index contributed by atoms with van der Waals surface area (Å²) in [5.41, 5.74) is 0. The van der Waals surface area contributed by atoms with Gasteiger partial charge in [-0.05, 0) is 50.9 Å². The lowest BCUT2D eigenvalue weighted by Crippen LogP contribution is -2.41. The molecule has 298 valence electrons. The number of hydrogen-bond acceptors (Lipinski definition) is 5. The molecular formula is C46H86N2O3. The molecule has 0 amide bonds. The topological polar surface area (TPSA) is 34.2 Å². The Hall–Kier alpha value is -1.30. The van der Waals surface area contributed by atoms with Crippen LogP contribution in [0.2, 0.25) is 0 Å². The van der Waals surface area contributed by atoms with Gasteiger partial charge in [0, 0.05) is 45.2 Å². The number of ether oxygens (including phenoxy) is 3. The van der Waals surface area contributed by atoms with Crippen molar-refractivity contribution in [2.75, 3.05) is 39.4 Å². The molecule has 0 saturated heterocycles. The zero-order valence-electron chi connectivity index (χ0n) is 34.6. The monoisotopic (exact) mass is 715 g/mol. The highest BCUT2D eigenvalue weighted by molar-refractivity contribution is 5.33. The lowest BCUT2D eigenvalue weighted by Gasteiger charge is -2.33. The highest BCUT2D eigenvalue weighted by Crippen LogP contribution is 2.26. The van der Waals surface area contributed by atoms with E-state index in [2.05, 4.69) is 61.8 Å². The minimum atomic E-state index is 0.0678. The summed E-state index contributed by atoms with van der Waals surface area (Å²) < 4.78 is 19.7. The highest BCUT2D eigenvalue weighted by atomic mass is 16.5. The van der Waals surface area contributed by atoms with Crippen molar-refractivity contribution in [2.24, 2.45) is 0 Å². The molecule has 0 fully saturated rings. The van der Waals surface area contributed by atoms with Crippen molar-refractivity contribution in [2.45, 2.75) is 220 Å². The number of benzene rings is 1. The molecule has 5 heteroatoms. The summed E-state index contributed by atoms with van der Waals surface area (Å²) in [4.78, 5) is 5.10. The van der Waals surface area contributed by atoms with Crippen molar-refractivity contribution in [3.05, 3.63) is 24.3 Å². The van der Waals surface area contributed by atoms with Crippen molar-refractivity contribution in [1.82, 2.24) is 9.80 Å². The van der Waals surface area contributed by atoms with Crippen LogP contribution in [0.25, 0.3) is 0 Å². The van der Waals surface area contributed by atoms with E-state index < -0.39 is 0 Å². The van der Waals surface area contributed by atoms with E-state index in [-0.39, 0.29) is 12.5 Å². The number of unbranched alkanes of at least 4 members (excludes halogenated alkanes) is 22. The van der Waals surface area contributed by atoms with E-state index in [0.29, 0.717) is 0 Å². The van der Waals surface area contributed by atoms with E-state index in [9.17, 15) is 0 Å². The van der Waals surface area contributed by atoms with Gasteiger partial charge in [-0.15, -0.1) is 0 Å². The van der Waals surface area contributed by atoms with Crippen molar-refractivity contribution in [3.63, 3.8) is 0 Å². The normalized spacial score (nSPS) is 17.4. The number of fused-ring (bicyclic) bond motifs is 2. The maximum atomic E-state index is 6.76. The maximum absolute atomic E-state index is 6.76. The van der Waals surface area contributed by atoms with Gasteiger partial charge in [0.05, 0.1) is 0 Å². The molecule has 2 bridgehead atoms. The third-order valence-electron chi connectivity index (χ3n) is 11.1. The highest BCUT2D eigenvalue weighted by Gasteiger charge is 2.22. The Kier molecular flexibility index (Phi) is 29.9. The van der Waals surface area contributed by atoms with Gasteiger partial charge in [-0.2, -0.15) is 0 Å². The fourth-order valence-corrected chi connectivity index (χ4v) is 7.71. The predicted molar refractivity (Wildman–Crippen MR) is 221 cm³/mol. The van der Waals surface area contributed by atoms with Crippen LogP contribution in [0.15, 0.2) is 24.3 Å². The second-order valence-electron chi connectivity index (χ2n) is 15.6. The van der Waals surface area contributed by atoms with Gasteiger partial charge in [0.2, 0.25) is 0 Å². The molecule has 1 heterocycles. The van der Waals surface area contributed by atoms with Gasteiger partial charge in [-0.3, -0.25) is 9.80 Å². The molecule has 2 rings (SSSR count). The van der Waals surface area contributed by atoms with Gasteiger partial charge in [-0.1, -0.05) is 175 Å². The molecule has 51 heavy (non-hydrogen) atoms. The third-order valence-corrected chi connectivity index (χ3v) is 11.1. The Morgan fingerprint density at radius 3 is 1.14 bits per heavy atom. The molecule has 1 aromatic rings. The molecule has 2 unspecified atom stereocenters. The minimum Gasteiger partial charge on any atom is -0.475 e. The Labute approximate surface area is 318 Å². The fourth-order valence-electron chi connectivity index (χ4n) is 7.71. The molecular weight excluding hydrogens is 629 g/mol. The summed E-state index contributed by atoms with van der Waals surface area (Å²) in [6.07, 6.45) is 37.4. The quantitative estimate of drug-likeness (QED) is 0.0741. The molecule has 1 aliphatic rings. The Balaban J connectivity index is 1.79. The molecule has 1 aromatic carbocycles. The third kappa shape index (κ3) is 23.9. The van der Waals surface area contributed by atoms with Crippen molar-refractivity contribution >= 4 is 0 Å². The zero-order chi connectivity index (χ0) is 36.5. The first-order valence-electron chi connectivity index (χ1n) is 22.7. The summed E-state index contributed by atoms with van der Waals surface area (Å²) in [7, 11) is 0. The summed E-state index contributed by atoms with van der Waals surface area (Å²) in [5, 5.41) is 0. The van der Waals surface area contributed by atoms with Crippen LogP contribution in [-0.2, 0) is 4.74 Å². The van der Waals surface area contributed by atoms with E-state index in [1.165, 1.54) is 154 Å². The maximum Gasteiger partial charge on any atom is 0.152 e. The fraction of sp³-hybridized carbons (Fsp3) is 0.870. The van der Waals surface area contributed by atoms with Gasteiger partial charge >= 0.3 is 0 Å². The van der Waals surface area contributed by atoms with Crippen molar-refractivity contribution in [3.8, 4) is 11.5 Å². The first-order chi connectivity index (χ1) is 25.2. The van der Waals surface area contributed by atoms with Gasteiger partial charge in [0.15, 0.2) is 12.5 Å². The van der Waals surface area contributed by atoms with Crippen LogP contribution >= 0.6 is 0 Å². The summed E-state index contributed by atoms with van der Waals surface area (Å²) in [5.74, 6) is 1.85. The Bertz CT molecular complexity index is 817. The van der Waals surface area contributed by atoms with Crippen LogP contribution in [0.3, 0.4) is 0 Å². The second kappa shape index (κ2) is 33.3. The van der Waals surface area contributed by atoms with Gasteiger partial charge in [0.1, 0.15) is 11.5 Å². The SMILES string of the molecule is CCCCCCCCCCCCCCN(CC)C1CCCOCCCC(N(CC)CCCCCCCCCCCCCC)Oc2cccc(c2)O1. The van der Waals surface area contributed by atoms with Gasteiger partial charge in [-0.25, -0.2) is 0 Å². The smallest absolute Gasteiger partial charge is 0.152 e. The van der Waals surface area contributed by atoms with Crippen LogP contribution in [-0.4, -0.2) is 61.6 Å². The molecule has 0 spiro atoms. The lowest BCUT2D eigenvalue weighted by atomic mass is 10.1. The number of nitrogens with zero attached hydrogens (tertiary/aromatic N) is 2. The molecule has 1 aliphatic heterocycles. The van der Waals surface area contributed by atoms with Crippen LogP contribution < -0.4 is 9.47 Å². The standard InChI is InChI=1S/C46H86N2O3/c1-5-9-11-13-15-17-19-21-23-25-27-29-38-47(7-3)45-36-32-40-49-41-33-37-46(51-44-35-31-34-43(42-44)50-45)48(8-4)39-30-28-26-24-22-20-18-16-14-12-10-6-2/h31,34-35,42,45-46H,5-30,32-33,36-41H2,1-4H3. The predicted octanol–water partition coefficient (Wildman–Crippen LogP) is 13.7. The molecule has 0 N–H and O–H groups in total. The molecule has 0 saturated carbocycles. The average molecular weight is 715 g/mol. The van der Waals surface area contributed by atoms with E-state index in [4.69, 9.17) is 14.2 Å². The molecule has 0 radical (unpaired) electrons. The largest absolute Gasteiger partial charge is 0.475 e. The van der Waals surface area contributed by atoms with E-state index in [0.717, 1.165) is 76.6 Å². The van der Waals surface area contributed by atoms with Gasteiger partial charge < -0.3 is 14.2 Å². The summed E-state index contributed by atoms with van der Waals surface area (Å²) in [6.45, 7) is 15.0. The summed E-state index contributed by atoms with van der Waals surface area (Å²) in [6, 6.07) is 8.46. The second-order valence-corrected chi connectivity index (χ2v) is 15.6. The van der Waals surface area contributed by atoms with Gasteiger partial charge in [0.25, 0.3) is 0 Å². The first kappa shape index (κ1) is 45.9. The number of hydrogen-bond donors (Lipinski definition) is 0. The molecule has 2 atom stereocenters. The number of rotatable bonds is 30. The lowest BCUT2D eigenvalue weighted by molar-refractivity contribution is 0.000334. The van der Waals surface area contributed by atoms with E-state index in [1.807, 2.05) is 0 Å². The Morgan fingerprint density at radius 2 is 0.804 bits per heavy atom. The molecule has 0 aromatic heterocycles. The van der Waals surface area contributed by atoms with Crippen LogP contribution in [0.5, 0.6) is 11.5 Å². The minimum absolute atomic E-state index is 0.0678. The molecule has 5 nitrogen and oxygen atoms in total. The molecule has 0 aliphatic carbocycles. The van der Waals surface area contributed by atoms with E-state index in [1.54, 1.807) is 0 Å². The average Bonchev–Trinajstić information content (AvgIpc) is 3.14. The van der Waals surface area contributed by atoms with Crippen LogP contribution in [0, 0.1) is 0 Å². The van der Waals surface area contributed by atoms with Crippen molar-refractivity contribution in [1.29, 1.82) is 0 Å². The first-order valence-corrected chi connectivity index (χ1v) is 22.7. The van der Waals surface area contributed by atoms with Crippen LogP contribution in [0.1, 0.15) is 207 Å². The Morgan fingerprint density at radius 1 is 0.471 bits per heavy atom. The zero-order valence-corrected chi connectivity index (χ0v) is 34.6. The summed E-state index contributed by atoms with van der Waals surface area (Å²) >= 11 is 0. The van der Waals surface area contributed by atoms with Crippen molar-refractivity contribution < 1.29 is 14.2 Å². The van der Waals surface area contributed by atoms with E-state index >= 15 is 0 Å². The van der Waals surface area contributed by atoms with Crippen LogP contribution in [0.4, 0.5) is 0 Å².